The molecule has 1 atom stereocenters. The molecule has 0 bridgehead atoms. The van der Waals surface area contributed by atoms with Gasteiger partial charge in [0.2, 0.25) is 11.1 Å². The van der Waals surface area contributed by atoms with Gasteiger partial charge in [-0.2, -0.15) is 0 Å². The van der Waals surface area contributed by atoms with Gasteiger partial charge >= 0.3 is 0 Å². The van der Waals surface area contributed by atoms with E-state index in [0.717, 1.165) is 5.69 Å². The maximum atomic E-state index is 11.7. The van der Waals surface area contributed by atoms with Crippen LogP contribution in [0, 0.1) is 16.0 Å². The molecule has 8 heteroatoms. The number of hydrogen-bond donors (Lipinski definition) is 1. The van der Waals surface area contributed by atoms with E-state index in [1.54, 1.807) is 17.0 Å². The first kappa shape index (κ1) is 15.2. The van der Waals surface area contributed by atoms with Crippen LogP contribution in [0.2, 0.25) is 0 Å². The number of nitrogens with one attached hydrogen (secondary N) is 1. The number of nitro groups is 1. The number of rotatable bonds is 6. The maximum Gasteiger partial charge on any atom is 0.269 e. The van der Waals surface area contributed by atoms with E-state index in [1.165, 1.54) is 12.1 Å². The topological polar surface area (TPSA) is 92.6 Å². The van der Waals surface area contributed by atoms with Crippen molar-refractivity contribution in [2.75, 3.05) is 25.0 Å². The number of likely N-dealkylation sites (tertiary alicyclic amines) is 1. The number of nitrogens with zero attached hydrogens (tertiary/aromatic N) is 2. The van der Waals surface area contributed by atoms with Crippen LogP contribution in [0.1, 0.15) is 6.42 Å². The molecule has 1 aromatic carbocycles. The Morgan fingerprint density at radius 3 is 2.62 bits per heavy atom. The van der Waals surface area contributed by atoms with Crippen molar-refractivity contribution in [1.29, 1.82) is 0 Å². The molecule has 0 spiro atoms. The fourth-order valence-electron chi connectivity index (χ4n) is 2.18. The molecule has 1 aromatic rings. The summed E-state index contributed by atoms with van der Waals surface area (Å²) >= 11 is 5.40. The predicted octanol–water partition coefficient (Wildman–Crippen LogP) is 1.62. The van der Waals surface area contributed by atoms with Gasteiger partial charge in [0.15, 0.2) is 0 Å². The molecule has 1 N–H and O–H groups in total. The highest BCUT2D eigenvalue weighted by atomic mass is 35.5. The number of hydrogen-bond acceptors (Lipinski definition) is 5. The van der Waals surface area contributed by atoms with Crippen LogP contribution in [0.25, 0.3) is 0 Å². The van der Waals surface area contributed by atoms with Crippen LogP contribution in [0.5, 0.6) is 0 Å². The summed E-state index contributed by atoms with van der Waals surface area (Å²) < 4.78 is 0. The van der Waals surface area contributed by atoms with Crippen molar-refractivity contribution in [1.82, 2.24) is 4.90 Å². The lowest BCUT2D eigenvalue weighted by Gasteiger charge is -2.16. The summed E-state index contributed by atoms with van der Waals surface area (Å²) in [6.07, 6.45) is 0.167. The van der Waals surface area contributed by atoms with Gasteiger partial charge in [-0.1, -0.05) is 0 Å². The first-order chi connectivity index (χ1) is 9.97. The van der Waals surface area contributed by atoms with E-state index >= 15 is 0 Å². The highest BCUT2D eigenvalue weighted by molar-refractivity contribution is 6.64. The average Bonchev–Trinajstić information content (AvgIpc) is 2.81. The smallest absolute Gasteiger partial charge is 0.269 e. The zero-order valence-electron chi connectivity index (χ0n) is 11.1. The summed E-state index contributed by atoms with van der Waals surface area (Å²) in [7, 11) is 0. The van der Waals surface area contributed by atoms with Crippen molar-refractivity contribution < 1.29 is 14.5 Å². The summed E-state index contributed by atoms with van der Waals surface area (Å²) in [5, 5.41) is 13.1. The first-order valence-electron chi connectivity index (χ1n) is 6.43. The normalized spacial score (nSPS) is 17.9. The van der Waals surface area contributed by atoms with Gasteiger partial charge in [-0.15, -0.1) is 0 Å². The van der Waals surface area contributed by atoms with Crippen LogP contribution < -0.4 is 5.32 Å². The van der Waals surface area contributed by atoms with E-state index in [4.69, 9.17) is 11.6 Å². The lowest BCUT2D eigenvalue weighted by molar-refractivity contribution is -0.384. The first-order valence-corrected chi connectivity index (χ1v) is 6.80. The molecule has 1 saturated heterocycles. The van der Waals surface area contributed by atoms with Gasteiger partial charge in [-0.05, 0) is 23.7 Å². The molecule has 0 radical (unpaired) electrons. The Balaban J connectivity index is 1.80. The summed E-state index contributed by atoms with van der Waals surface area (Å²) in [4.78, 5) is 34.3. The number of nitro benzene ring substituents is 1. The van der Waals surface area contributed by atoms with Crippen LogP contribution in [0.4, 0.5) is 11.4 Å². The monoisotopic (exact) mass is 311 g/mol. The Kier molecular flexibility index (Phi) is 4.74. The fraction of sp³-hybridized carbons (Fsp3) is 0.385. The van der Waals surface area contributed by atoms with Crippen molar-refractivity contribution in [2.24, 2.45) is 5.92 Å². The van der Waals surface area contributed by atoms with E-state index in [2.05, 4.69) is 5.32 Å². The molecule has 0 unspecified atom stereocenters. The molecular formula is C13H14ClN3O4. The largest absolute Gasteiger partial charge is 0.383 e. The van der Waals surface area contributed by atoms with Crippen LogP contribution in [0.15, 0.2) is 24.3 Å². The molecule has 1 amide bonds. The molecule has 1 aliphatic rings. The van der Waals surface area contributed by atoms with Crippen LogP contribution in [0.3, 0.4) is 0 Å². The van der Waals surface area contributed by atoms with Crippen molar-refractivity contribution >= 4 is 34.1 Å². The van der Waals surface area contributed by atoms with Crippen molar-refractivity contribution in [2.45, 2.75) is 6.42 Å². The summed E-state index contributed by atoms with van der Waals surface area (Å²) in [5.41, 5.74) is 0.760. The Morgan fingerprint density at radius 2 is 2.10 bits per heavy atom. The molecule has 1 fully saturated rings. The predicted molar refractivity (Wildman–Crippen MR) is 77.1 cm³/mol. The van der Waals surface area contributed by atoms with E-state index < -0.39 is 16.1 Å². The highest BCUT2D eigenvalue weighted by Crippen LogP contribution is 2.20. The summed E-state index contributed by atoms with van der Waals surface area (Å²) in [6, 6.07) is 6.03. The van der Waals surface area contributed by atoms with Gasteiger partial charge in [0.25, 0.3) is 5.69 Å². The van der Waals surface area contributed by atoms with Gasteiger partial charge in [0, 0.05) is 43.9 Å². The minimum absolute atomic E-state index is 0.0266. The van der Waals surface area contributed by atoms with Gasteiger partial charge < -0.3 is 10.2 Å². The second-order valence-electron chi connectivity index (χ2n) is 4.78. The third-order valence-corrected chi connectivity index (χ3v) is 3.63. The van der Waals surface area contributed by atoms with E-state index in [0.29, 0.717) is 19.6 Å². The zero-order valence-corrected chi connectivity index (χ0v) is 11.9. The van der Waals surface area contributed by atoms with Crippen molar-refractivity contribution in [3.8, 4) is 0 Å². The van der Waals surface area contributed by atoms with Crippen LogP contribution >= 0.6 is 11.6 Å². The van der Waals surface area contributed by atoms with E-state index in [-0.39, 0.29) is 18.0 Å². The molecule has 1 heterocycles. The Morgan fingerprint density at radius 1 is 1.43 bits per heavy atom. The minimum Gasteiger partial charge on any atom is -0.383 e. The van der Waals surface area contributed by atoms with E-state index in [9.17, 15) is 19.7 Å². The number of non-ortho nitro benzene ring substituents is 1. The third kappa shape index (κ3) is 3.91. The number of anilines is 1. The molecule has 2 rings (SSSR count). The average molecular weight is 312 g/mol. The fourth-order valence-corrected chi connectivity index (χ4v) is 2.32. The van der Waals surface area contributed by atoms with Crippen LogP contribution in [-0.4, -0.2) is 40.6 Å². The van der Waals surface area contributed by atoms with Gasteiger partial charge in [0.1, 0.15) is 0 Å². The van der Waals surface area contributed by atoms with Gasteiger partial charge in [-0.3, -0.25) is 19.7 Å². The lowest BCUT2D eigenvalue weighted by Crippen LogP contribution is -2.30. The molecule has 21 heavy (non-hydrogen) atoms. The Bertz CT molecular complexity index is 561. The number of carbonyl (C=O) groups excluding carboxylic acids is 2. The molecule has 0 saturated carbocycles. The molecule has 112 valence electrons. The minimum atomic E-state index is -0.478. The highest BCUT2D eigenvalue weighted by Gasteiger charge is 2.32. The maximum absolute atomic E-state index is 11.7. The second kappa shape index (κ2) is 6.53. The Labute approximate surface area is 126 Å². The van der Waals surface area contributed by atoms with Crippen molar-refractivity contribution in [3.05, 3.63) is 34.4 Å². The van der Waals surface area contributed by atoms with Gasteiger partial charge in [0.05, 0.1) is 10.8 Å². The number of carbonyl (C=O) groups is 2. The summed E-state index contributed by atoms with van der Waals surface area (Å²) in [6.45, 7) is 1.30. The van der Waals surface area contributed by atoms with Crippen molar-refractivity contribution in [3.63, 3.8) is 0 Å². The quantitative estimate of drug-likeness (QED) is 0.489. The number of halogens is 1. The third-order valence-electron chi connectivity index (χ3n) is 3.32. The van der Waals surface area contributed by atoms with Crippen LogP contribution in [-0.2, 0) is 9.59 Å². The second-order valence-corrected chi connectivity index (χ2v) is 5.15. The zero-order chi connectivity index (χ0) is 15.4. The van der Waals surface area contributed by atoms with Gasteiger partial charge in [-0.25, -0.2) is 0 Å². The molecule has 0 aliphatic carbocycles. The lowest BCUT2D eigenvalue weighted by atomic mass is 10.1. The summed E-state index contributed by atoms with van der Waals surface area (Å²) in [5.74, 6) is -0.502. The standard InChI is InChI=1S/C13H14ClN3O4/c14-13(19)9-7-12(18)16(8-9)6-5-15-10-1-3-11(4-2-10)17(20)21/h1-4,9,15H,5-8H2/t9-/m0/s1. The molecule has 0 aromatic heterocycles. The number of amides is 1. The molecular weight excluding hydrogens is 298 g/mol. The number of benzene rings is 1. The Hall–Kier alpha value is -2.15. The van der Waals surface area contributed by atoms with E-state index in [1.807, 2.05) is 0 Å². The molecule has 1 aliphatic heterocycles. The molecule has 7 nitrogen and oxygen atoms in total. The SMILES string of the molecule is O=C(Cl)[C@H]1CC(=O)N(CCNc2ccc([N+](=O)[O-])cc2)C1.